The van der Waals surface area contributed by atoms with Crippen LogP contribution in [0.1, 0.15) is 36.5 Å². The van der Waals surface area contributed by atoms with Crippen LogP contribution in [-0.4, -0.2) is 29.6 Å². The summed E-state index contributed by atoms with van der Waals surface area (Å²) < 4.78 is 18.6. The summed E-state index contributed by atoms with van der Waals surface area (Å²) in [6.45, 7) is 2.03. The number of carbonyl (C=O) groups excluding carboxylic acids is 2. The highest BCUT2D eigenvalue weighted by Gasteiger charge is 2.20. The fourth-order valence-corrected chi connectivity index (χ4v) is 2.46. The van der Waals surface area contributed by atoms with Crippen molar-refractivity contribution < 1.29 is 23.8 Å². The van der Waals surface area contributed by atoms with Crippen LogP contribution in [0.2, 0.25) is 0 Å². The number of aliphatic hydroxyl groups is 1. The number of carbonyl (C=O) groups is 2. The molecule has 0 heterocycles. The van der Waals surface area contributed by atoms with Gasteiger partial charge >= 0.3 is 5.97 Å². The summed E-state index contributed by atoms with van der Waals surface area (Å²) >= 11 is 0. The highest BCUT2D eigenvalue weighted by atomic mass is 19.1. The van der Waals surface area contributed by atoms with Crippen LogP contribution in [0.25, 0.3) is 10.8 Å². The molecule has 0 radical (unpaired) electrons. The second-order valence-electron chi connectivity index (χ2n) is 5.22. The first-order chi connectivity index (χ1) is 11.0. The maximum Gasteiger partial charge on any atom is 0.305 e. The van der Waals surface area contributed by atoms with E-state index in [-0.39, 0.29) is 24.4 Å². The minimum Gasteiger partial charge on any atom is -0.466 e. The molecule has 1 unspecified atom stereocenters. The molecule has 0 saturated carbocycles. The molecule has 2 rings (SSSR count). The standard InChI is InChI=1S/C18H19FO4/c1-2-23-17(21)9-5-8-16(20)18(22)14-10-11-15(19)13-7-4-3-6-12(13)14/h3-4,6-7,10-11,16,20H,2,5,8-9H2,1H3. The smallest absolute Gasteiger partial charge is 0.305 e. The number of Topliss-reactive ketones (excluding diaryl/α,β-unsaturated/α-hetero) is 1. The van der Waals surface area contributed by atoms with Gasteiger partial charge in [0, 0.05) is 17.4 Å². The van der Waals surface area contributed by atoms with E-state index in [2.05, 4.69) is 0 Å². The number of aliphatic hydroxyl groups excluding tert-OH is 1. The van der Waals surface area contributed by atoms with Crippen LogP contribution in [0.4, 0.5) is 4.39 Å². The summed E-state index contributed by atoms with van der Waals surface area (Å²) in [4.78, 5) is 23.6. The van der Waals surface area contributed by atoms with Gasteiger partial charge in [0.1, 0.15) is 11.9 Å². The van der Waals surface area contributed by atoms with Crippen LogP contribution in [0.15, 0.2) is 36.4 Å². The van der Waals surface area contributed by atoms with Gasteiger partial charge in [-0.1, -0.05) is 24.3 Å². The normalized spacial score (nSPS) is 12.1. The van der Waals surface area contributed by atoms with Crippen molar-refractivity contribution >= 4 is 22.5 Å². The van der Waals surface area contributed by atoms with E-state index in [0.717, 1.165) is 0 Å². The van der Waals surface area contributed by atoms with Crippen molar-refractivity contribution in [1.29, 1.82) is 0 Å². The zero-order chi connectivity index (χ0) is 16.8. The summed E-state index contributed by atoms with van der Waals surface area (Å²) in [6, 6.07) is 9.25. The van der Waals surface area contributed by atoms with Crippen LogP contribution in [0, 0.1) is 5.82 Å². The Morgan fingerprint density at radius 3 is 2.57 bits per heavy atom. The lowest BCUT2D eigenvalue weighted by atomic mass is 9.96. The number of rotatable bonds is 7. The SMILES string of the molecule is CCOC(=O)CCCC(O)C(=O)c1ccc(F)c2ccccc12. The molecule has 0 amide bonds. The fourth-order valence-electron chi connectivity index (χ4n) is 2.46. The molecule has 4 nitrogen and oxygen atoms in total. The van der Waals surface area contributed by atoms with Gasteiger partial charge in [-0.3, -0.25) is 9.59 Å². The number of halogens is 1. The Kier molecular flexibility index (Phi) is 5.82. The highest BCUT2D eigenvalue weighted by Crippen LogP contribution is 2.23. The Hall–Kier alpha value is -2.27. The molecular weight excluding hydrogens is 299 g/mol. The van der Waals surface area contributed by atoms with E-state index in [4.69, 9.17) is 4.74 Å². The molecule has 0 aliphatic heterocycles. The topological polar surface area (TPSA) is 63.6 Å². The van der Waals surface area contributed by atoms with Crippen LogP contribution in [0.5, 0.6) is 0 Å². The van der Waals surface area contributed by atoms with Gasteiger partial charge in [0.05, 0.1) is 6.61 Å². The first-order valence-corrected chi connectivity index (χ1v) is 7.59. The molecule has 0 aromatic heterocycles. The van der Waals surface area contributed by atoms with E-state index in [9.17, 15) is 19.1 Å². The number of esters is 1. The van der Waals surface area contributed by atoms with Gasteiger partial charge in [-0.05, 0) is 37.3 Å². The van der Waals surface area contributed by atoms with Crippen molar-refractivity contribution in [3.8, 4) is 0 Å². The lowest BCUT2D eigenvalue weighted by molar-refractivity contribution is -0.143. The highest BCUT2D eigenvalue weighted by molar-refractivity contribution is 6.10. The molecule has 1 atom stereocenters. The minimum absolute atomic E-state index is 0.155. The van der Waals surface area contributed by atoms with Crippen molar-refractivity contribution in [3.63, 3.8) is 0 Å². The van der Waals surface area contributed by atoms with Gasteiger partial charge in [0.15, 0.2) is 5.78 Å². The third-order valence-corrected chi connectivity index (χ3v) is 3.60. The van der Waals surface area contributed by atoms with Gasteiger partial charge in [-0.25, -0.2) is 4.39 Å². The van der Waals surface area contributed by atoms with Crippen LogP contribution in [0.3, 0.4) is 0 Å². The molecule has 2 aromatic rings. The fraction of sp³-hybridized carbons (Fsp3) is 0.333. The van der Waals surface area contributed by atoms with E-state index < -0.39 is 17.7 Å². The number of hydrogen-bond acceptors (Lipinski definition) is 4. The lowest BCUT2D eigenvalue weighted by Crippen LogP contribution is -2.21. The summed E-state index contributed by atoms with van der Waals surface area (Å²) in [5, 5.41) is 10.9. The van der Waals surface area contributed by atoms with Crippen molar-refractivity contribution in [2.75, 3.05) is 6.61 Å². The Morgan fingerprint density at radius 2 is 1.87 bits per heavy atom. The predicted molar refractivity (Wildman–Crippen MR) is 84.7 cm³/mol. The molecule has 2 aromatic carbocycles. The molecule has 0 fully saturated rings. The Morgan fingerprint density at radius 1 is 1.17 bits per heavy atom. The summed E-state index contributed by atoms with van der Waals surface area (Å²) in [6.07, 6.45) is -0.561. The van der Waals surface area contributed by atoms with Gasteiger partial charge < -0.3 is 9.84 Å². The Bertz CT molecular complexity index is 711. The second-order valence-corrected chi connectivity index (χ2v) is 5.22. The molecule has 0 aliphatic carbocycles. The van der Waals surface area contributed by atoms with Gasteiger partial charge in [0.25, 0.3) is 0 Å². The summed E-state index contributed by atoms with van der Waals surface area (Å²) in [5.41, 5.74) is 0.283. The van der Waals surface area contributed by atoms with Crippen LogP contribution >= 0.6 is 0 Å². The number of benzene rings is 2. The van der Waals surface area contributed by atoms with Gasteiger partial charge in [-0.15, -0.1) is 0 Å². The van der Waals surface area contributed by atoms with E-state index >= 15 is 0 Å². The maximum absolute atomic E-state index is 13.8. The molecule has 0 aliphatic rings. The number of fused-ring (bicyclic) bond motifs is 1. The summed E-state index contributed by atoms with van der Waals surface area (Å²) in [5.74, 6) is -1.22. The molecule has 122 valence electrons. The first-order valence-electron chi connectivity index (χ1n) is 7.59. The van der Waals surface area contributed by atoms with E-state index in [1.54, 1.807) is 31.2 Å². The molecule has 23 heavy (non-hydrogen) atoms. The molecule has 0 bridgehead atoms. The van der Waals surface area contributed by atoms with E-state index in [1.165, 1.54) is 12.1 Å². The van der Waals surface area contributed by atoms with Crippen molar-refractivity contribution in [2.45, 2.75) is 32.3 Å². The largest absolute Gasteiger partial charge is 0.466 e. The molecule has 5 heteroatoms. The van der Waals surface area contributed by atoms with Crippen molar-refractivity contribution in [1.82, 2.24) is 0 Å². The second kappa shape index (κ2) is 7.83. The Labute approximate surface area is 133 Å². The zero-order valence-electron chi connectivity index (χ0n) is 12.9. The average Bonchev–Trinajstić information content (AvgIpc) is 2.55. The van der Waals surface area contributed by atoms with Gasteiger partial charge in [0.2, 0.25) is 0 Å². The number of ether oxygens (including phenoxy) is 1. The average molecular weight is 318 g/mol. The minimum atomic E-state index is -1.22. The third-order valence-electron chi connectivity index (χ3n) is 3.60. The number of hydrogen-bond donors (Lipinski definition) is 1. The molecule has 1 N–H and O–H groups in total. The quantitative estimate of drug-likeness (QED) is 0.629. The van der Waals surface area contributed by atoms with Crippen molar-refractivity contribution in [3.05, 3.63) is 47.8 Å². The zero-order valence-corrected chi connectivity index (χ0v) is 12.9. The van der Waals surface area contributed by atoms with Crippen LogP contribution in [-0.2, 0) is 9.53 Å². The van der Waals surface area contributed by atoms with Crippen LogP contribution < -0.4 is 0 Å². The van der Waals surface area contributed by atoms with E-state index in [1.807, 2.05) is 0 Å². The maximum atomic E-state index is 13.8. The predicted octanol–water partition coefficient (Wildman–Crippen LogP) is 3.26. The lowest BCUT2D eigenvalue weighted by Gasteiger charge is -2.12. The number of ketones is 1. The van der Waals surface area contributed by atoms with Crippen molar-refractivity contribution in [2.24, 2.45) is 0 Å². The molecular formula is C18H19FO4. The molecule has 0 saturated heterocycles. The molecule has 0 spiro atoms. The first kappa shape index (κ1) is 17.1. The third kappa shape index (κ3) is 4.13. The summed E-state index contributed by atoms with van der Waals surface area (Å²) in [7, 11) is 0. The Balaban J connectivity index is 2.08. The van der Waals surface area contributed by atoms with Gasteiger partial charge in [-0.2, -0.15) is 0 Å². The monoisotopic (exact) mass is 318 g/mol. The van der Waals surface area contributed by atoms with E-state index in [0.29, 0.717) is 23.8 Å².